The zero-order valence-electron chi connectivity index (χ0n) is 15.0. The molecule has 1 aliphatic heterocycles. The van der Waals surface area contributed by atoms with Crippen LogP contribution in [0.25, 0.3) is 0 Å². The average Bonchev–Trinajstić information content (AvgIpc) is 3.04. The molecule has 0 radical (unpaired) electrons. The molecular formula is C23H14Br2N2O2. The number of amides is 2. The number of pyridine rings is 1. The van der Waals surface area contributed by atoms with Crippen LogP contribution in [-0.4, -0.2) is 16.8 Å². The van der Waals surface area contributed by atoms with Gasteiger partial charge in [-0.3, -0.25) is 9.59 Å². The monoisotopic (exact) mass is 508 g/mol. The summed E-state index contributed by atoms with van der Waals surface area (Å²) in [5.74, 6) is -1.20. The minimum Gasteiger partial charge on any atom is -0.274 e. The van der Waals surface area contributed by atoms with Gasteiger partial charge in [0.05, 0.1) is 20.5 Å². The fraction of sp³-hybridized carbons (Fsp3) is 0.174. The fourth-order valence-electron chi connectivity index (χ4n) is 5.38. The minimum absolute atomic E-state index is 0.219. The molecule has 2 bridgehead atoms. The number of aromatic nitrogens is 1. The molecule has 0 N–H and O–H groups in total. The van der Waals surface area contributed by atoms with Crippen molar-refractivity contribution >= 4 is 49.5 Å². The molecule has 142 valence electrons. The van der Waals surface area contributed by atoms with Crippen LogP contribution in [-0.2, 0) is 18.2 Å². The lowest BCUT2D eigenvalue weighted by atomic mass is 9.54. The molecule has 1 saturated heterocycles. The quantitative estimate of drug-likeness (QED) is 0.358. The van der Waals surface area contributed by atoms with E-state index in [1.807, 2.05) is 48.5 Å². The zero-order valence-corrected chi connectivity index (χ0v) is 18.2. The van der Waals surface area contributed by atoms with E-state index in [9.17, 15) is 9.59 Å². The van der Waals surface area contributed by atoms with Gasteiger partial charge in [-0.1, -0.05) is 86.5 Å². The van der Waals surface area contributed by atoms with Gasteiger partial charge in [-0.2, -0.15) is 0 Å². The van der Waals surface area contributed by atoms with Crippen LogP contribution in [0.15, 0.2) is 72.9 Å². The number of hydrogen-bond donors (Lipinski definition) is 0. The molecule has 0 saturated carbocycles. The van der Waals surface area contributed by atoms with Crippen molar-refractivity contribution in [1.82, 2.24) is 4.98 Å². The Labute approximate surface area is 184 Å². The summed E-state index contributed by atoms with van der Waals surface area (Å²) >= 11 is 7.98. The first-order chi connectivity index (χ1) is 14.0. The smallest absolute Gasteiger partial charge is 0.241 e. The van der Waals surface area contributed by atoms with E-state index in [-0.39, 0.29) is 11.8 Å². The second-order valence-corrected chi connectivity index (χ2v) is 10.2. The molecule has 6 heteroatoms. The Balaban J connectivity index is 1.69. The summed E-state index contributed by atoms with van der Waals surface area (Å²) in [4.78, 5) is 33.0. The first-order valence-corrected chi connectivity index (χ1v) is 11.0. The van der Waals surface area contributed by atoms with E-state index in [4.69, 9.17) is 0 Å². The third kappa shape index (κ3) is 1.87. The van der Waals surface area contributed by atoms with Crippen LogP contribution in [0.1, 0.15) is 22.3 Å². The molecule has 0 unspecified atom stereocenters. The number of alkyl halides is 2. The number of rotatable bonds is 1. The van der Waals surface area contributed by atoms with Gasteiger partial charge in [-0.15, -0.1) is 0 Å². The maximum absolute atomic E-state index is 13.7. The topological polar surface area (TPSA) is 50.3 Å². The van der Waals surface area contributed by atoms with E-state index in [1.54, 1.807) is 24.4 Å². The molecule has 2 atom stereocenters. The lowest BCUT2D eigenvalue weighted by Crippen LogP contribution is -2.56. The summed E-state index contributed by atoms with van der Waals surface area (Å²) in [5.41, 5.74) is 4.11. The Hall–Kier alpha value is -2.31. The largest absolute Gasteiger partial charge is 0.274 e. The van der Waals surface area contributed by atoms with Crippen molar-refractivity contribution in [2.75, 3.05) is 4.90 Å². The van der Waals surface area contributed by atoms with Crippen LogP contribution in [0.3, 0.4) is 0 Å². The van der Waals surface area contributed by atoms with Gasteiger partial charge in [-0.25, -0.2) is 9.88 Å². The summed E-state index contributed by atoms with van der Waals surface area (Å²) in [5, 5.41) is 0. The van der Waals surface area contributed by atoms with E-state index < -0.39 is 20.5 Å². The van der Waals surface area contributed by atoms with Crippen molar-refractivity contribution in [2.45, 2.75) is 8.65 Å². The maximum atomic E-state index is 13.7. The molecule has 2 aromatic carbocycles. The predicted octanol–water partition coefficient (Wildman–Crippen LogP) is 4.49. The molecule has 1 fully saturated rings. The SMILES string of the molecule is O=C1[C@@H]2[C@@H](C(=O)N1c1ccccn1)C1(Br)c3ccccc3C2(Br)c2ccccc21. The number of nitrogens with zero attached hydrogens (tertiary/aromatic N) is 2. The van der Waals surface area contributed by atoms with Crippen LogP contribution < -0.4 is 4.90 Å². The molecule has 3 aromatic rings. The second kappa shape index (κ2) is 5.64. The maximum Gasteiger partial charge on any atom is 0.241 e. The van der Waals surface area contributed by atoms with E-state index in [2.05, 4.69) is 36.8 Å². The van der Waals surface area contributed by atoms with Gasteiger partial charge in [0.1, 0.15) is 5.82 Å². The highest BCUT2D eigenvalue weighted by Crippen LogP contribution is 2.70. The highest BCUT2D eigenvalue weighted by Gasteiger charge is 2.72. The Morgan fingerprint density at radius 3 is 1.48 bits per heavy atom. The minimum atomic E-state index is -0.767. The van der Waals surface area contributed by atoms with E-state index in [0.717, 1.165) is 22.3 Å². The summed E-state index contributed by atoms with van der Waals surface area (Å²) in [6.45, 7) is 0. The van der Waals surface area contributed by atoms with Crippen molar-refractivity contribution in [3.8, 4) is 0 Å². The summed E-state index contributed by atoms with van der Waals surface area (Å²) < 4.78 is -1.53. The number of carbonyl (C=O) groups is 2. The molecule has 2 heterocycles. The Morgan fingerprint density at radius 2 is 1.10 bits per heavy atom. The molecule has 4 aliphatic rings. The van der Waals surface area contributed by atoms with Gasteiger partial charge in [-0.05, 0) is 34.4 Å². The summed E-state index contributed by atoms with van der Waals surface area (Å²) in [6.07, 6.45) is 1.60. The number of benzene rings is 2. The number of carbonyl (C=O) groups excluding carboxylic acids is 2. The highest BCUT2D eigenvalue weighted by molar-refractivity contribution is 9.10. The van der Waals surface area contributed by atoms with E-state index in [1.165, 1.54) is 4.90 Å². The van der Waals surface area contributed by atoms with Crippen molar-refractivity contribution in [3.05, 3.63) is 95.2 Å². The third-order valence-corrected chi connectivity index (χ3v) is 9.16. The fourth-order valence-corrected chi connectivity index (χ4v) is 7.68. The second-order valence-electron chi connectivity index (χ2n) is 7.67. The summed E-state index contributed by atoms with van der Waals surface area (Å²) in [6, 6.07) is 21.4. The third-order valence-electron chi connectivity index (χ3n) is 6.46. The van der Waals surface area contributed by atoms with Gasteiger partial charge in [0.25, 0.3) is 0 Å². The Bertz CT molecular complexity index is 1090. The standard InChI is InChI=1S/C23H14Br2N2O2/c24-22-13-7-1-2-8-14(13)23(25,16-10-4-3-9-15(16)22)19-18(22)20(28)27(21(19)29)17-11-5-6-12-26-17/h1-12,18-19H/t18-,19-,22?,23?/m0/s1. The lowest BCUT2D eigenvalue weighted by Gasteiger charge is -2.55. The first-order valence-electron chi connectivity index (χ1n) is 9.37. The van der Waals surface area contributed by atoms with Crippen molar-refractivity contribution in [2.24, 2.45) is 11.8 Å². The molecule has 7 rings (SSSR count). The summed E-state index contributed by atoms with van der Waals surface area (Å²) in [7, 11) is 0. The average molecular weight is 510 g/mol. The van der Waals surface area contributed by atoms with Crippen LogP contribution in [0.5, 0.6) is 0 Å². The molecule has 4 nitrogen and oxygen atoms in total. The Kier molecular flexibility index (Phi) is 3.41. The highest BCUT2D eigenvalue weighted by atomic mass is 79.9. The van der Waals surface area contributed by atoms with E-state index >= 15 is 0 Å². The van der Waals surface area contributed by atoms with E-state index in [0.29, 0.717) is 5.82 Å². The van der Waals surface area contributed by atoms with Crippen molar-refractivity contribution in [1.29, 1.82) is 0 Å². The molecule has 3 aliphatic carbocycles. The van der Waals surface area contributed by atoms with Gasteiger partial charge in [0, 0.05) is 6.20 Å². The van der Waals surface area contributed by atoms with Gasteiger partial charge < -0.3 is 0 Å². The molecule has 1 aromatic heterocycles. The number of hydrogen-bond acceptors (Lipinski definition) is 3. The number of anilines is 1. The van der Waals surface area contributed by atoms with Crippen LogP contribution >= 0.6 is 31.9 Å². The molecule has 29 heavy (non-hydrogen) atoms. The van der Waals surface area contributed by atoms with Gasteiger partial charge in [0.2, 0.25) is 11.8 Å². The van der Waals surface area contributed by atoms with Crippen LogP contribution in [0.4, 0.5) is 5.82 Å². The molecule has 2 amide bonds. The zero-order chi connectivity index (χ0) is 20.0. The van der Waals surface area contributed by atoms with Crippen LogP contribution in [0, 0.1) is 11.8 Å². The number of halogens is 2. The number of imide groups is 1. The van der Waals surface area contributed by atoms with Crippen molar-refractivity contribution < 1.29 is 9.59 Å². The first kappa shape index (κ1) is 17.5. The Morgan fingerprint density at radius 1 is 0.690 bits per heavy atom. The predicted molar refractivity (Wildman–Crippen MR) is 116 cm³/mol. The lowest BCUT2D eigenvalue weighted by molar-refractivity contribution is -0.122. The normalized spacial score (nSPS) is 31.4. The molecular weight excluding hydrogens is 496 g/mol. The van der Waals surface area contributed by atoms with Gasteiger partial charge >= 0.3 is 0 Å². The van der Waals surface area contributed by atoms with Crippen molar-refractivity contribution in [3.63, 3.8) is 0 Å². The molecule has 0 spiro atoms. The van der Waals surface area contributed by atoms with Crippen LogP contribution in [0.2, 0.25) is 0 Å². The van der Waals surface area contributed by atoms with Gasteiger partial charge in [0.15, 0.2) is 0 Å².